The quantitative estimate of drug-likeness (QED) is 0.572. The zero-order valence-electron chi connectivity index (χ0n) is 14.6. The Morgan fingerprint density at radius 2 is 2.07 bits per heavy atom. The summed E-state index contributed by atoms with van der Waals surface area (Å²) in [7, 11) is 0. The van der Waals surface area contributed by atoms with Gasteiger partial charge >= 0.3 is 0 Å². The van der Waals surface area contributed by atoms with Crippen LogP contribution in [0.2, 0.25) is 0 Å². The molecule has 1 N–H and O–H groups in total. The Hall–Kier alpha value is -3.06. The molecular formula is C20H17FN4OS. The van der Waals surface area contributed by atoms with Crippen LogP contribution in [0, 0.1) is 12.7 Å². The van der Waals surface area contributed by atoms with E-state index in [0.29, 0.717) is 24.4 Å². The number of fused-ring (bicyclic) bond motifs is 1. The largest absolute Gasteiger partial charge is 0.352 e. The Morgan fingerprint density at radius 1 is 1.22 bits per heavy atom. The molecule has 4 rings (SSSR count). The molecule has 0 spiro atoms. The number of amides is 1. The molecule has 27 heavy (non-hydrogen) atoms. The van der Waals surface area contributed by atoms with E-state index >= 15 is 0 Å². The number of aryl methyl sites for hydroxylation is 1. The molecule has 0 bridgehead atoms. The van der Waals surface area contributed by atoms with E-state index < -0.39 is 5.82 Å². The molecule has 0 fully saturated rings. The lowest BCUT2D eigenvalue weighted by Crippen LogP contribution is -2.26. The molecule has 0 aliphatic heterocycles. The van der Waals surface area contributed by atoms with Crippen molar-refractivity contribution in [2.45, 2.75) is 13.3 Å². The van der Waals surface area contributed by atoms with Gasteiger partial charge in [-0.05, 0) is 31.2 Å². The molecule has 0 aliphatic rings. The van der Waals surface area contributed by atoms with E-state index in [9.17, 15) is 9.18 Å². The van der Waals surface area contributed by atoms with Gasteiger partial charge in [0.25, 0.3) is 5.91 Å². The number of carbonyl (C=O) groups excluding carboxylic acids is 1. The van der Waals surface area contributed by atoms with Gasteiger partial charge in [0, 0.05) is 29.5 Å². The second kappa shape index (κ2) is 7.28. The van der Waals surface area contributed by atoms with E-state index in [4.69, 9.17) is 0 Å². The van der Waals surface area contributed by atoms with Gasteiger partial charge in [-0.15, -0.1) is 16.4 Å². The summed E-state index contributed by atoms with van der Waals surface area (Å²) in [6.45, 7) is 2.47. The lowest BCUT2D eigenvalue weighted by atomic mass is 10.1. The SMILES string of the molecule is Cc1cccc(-c2nc3scc(CCNC(=O)c4cccc(F)c4)n3n2)c1. The summed E-state index contributed by atoms with van der Waals surface area (Å²) in [5.74, 6) is -0.0240. The third kappa shape index (κ3) is 3.73. The summed E-state index contributed by atoms with van der Waals surface area (Å²) < 4.78 is 15.0. The van der Waals surface area contributed by atoms with Crippen molar-refractivity contribution in [3.63, 3.8) is 0 Å². The van der Waals surface area contributed by atoms with Gasteiger partial charge in [-0.2, -0.15) is 4.98 Å². The average Bonchev–Trinajstić information content (AvgIpc) is 3.23. The highest BCUT2D eigenvalue weighted by atomic mass is 32.1. The molecule has 1 amide bonds. The van der Waals surface area contributed by atoms with Crippen molar-refractivity contribution in [2.75, 3.05) is 6.54 Å². The summed E-state index contributed by atoms with van der Waals surface area (Å²) in [6, 6.07) is 13.7. The first-order valence-electron chi connectivity index (χ1n) is 8.54. The van der Waals surface area contributed by atoms with Crippen LogP contribution >= 0.6 is 11.3 Å². The monoisotopic (exact) mass is 380 g/mol. The maximum atomic E-state index is 13.2. The fraction of sp³-hybridized carbons (Fsp3) is 0.150. The summed E-state index contributed by atoms with van der Waals surface area (Å²) in [6.07, 6.45) is 0.609. The number of nitrogens with zero attached hydrogens (tertiary/aromatic N) is 3. The number of carbonyl (C=O) groups is 1. The number of benzene rings is 2. The van der Waals surface area contributed by atoms with Crippen molar-refractivity contribution in [3.05, 3.63) is 76.5 Å². The Kier molecular flexibility index (Phi) is 4.68. The van der Waals surface area contributed by atoms with Crippen LogP contribution in [0.25, 0.3) is 16.3 Å². The average molecular weight is 380 g/mol. The lowest BCUT2D eigenvalue weighted by molar-refractivity contribution is 0.0953. The van der Waals surface area contributed by atoms with Crippen molar-refractivity contribution in [1.82, 2.24) is 19.9 Å². The zero-order valence-corrected chi connectivity index (χ0v) is 15.5. The molecule has 0 atom stereocenters. The number of thiazole rings is 1. The number of aromatic nitrogens is 3. The summed E-state index contributed by atoms with van der Waals surface area (Å²) in [5, 5.41) is 9.41. The zero-order chi connectivity index (χ0) is 18.8. The first-order valence-corrected chi connectivity index (χ1v) is 9.42. The Labute approximate surface area is 159 Å². The number of halogens is 1. The van der Waals surface area contributed by atoms with Gasteiger partial charge in [-0.1, -0.05) is 29.8 Å². The van der Waals surface area contributed by atoms with Crippen LogP contribution in [0.1, 0.15) is 21.6 Å². The third-order valence-corrected chi connectivity index (χ3v) is 5.04. The predicted octanol–water partition coefficient (Wildman–Crippen LogP) is 3.88. The Bertz CT molecular complexity index is 1120. The molecule has 0 unspecified atom stereocenters. The normalized spacial score (nSPS) is 11.0. The smallest absolute Gasteiger partial charge is 0.251 e. The van der Waals surface area contributed by atoms with Gasteiger partial charge in [-0.25, -0.2) is 8.91 Å². The predicted molar refractivity (Wildman–Crippen MR) is 103 cm³/mol. The molecule has 2 aromatic carbocycles. The highest BCUT2D eigenvalue weighted by molar-refractivity contribution is 7.15. The molecule has 2 heterocycles. The maximum absolute atomic E-state index is 13.2. The maximum Gasteiger partial charge on any atom is 0.251 e. The summed E-state index contributed by atoms with van der Waals surface area (Å²) in [5.41, 5.74) is 3.43. The van der Waals surface area contributed by atoms with E-state index in [0.717, 1.165) is 21.8 Å². The molecule has 5 nitrogen and oxygen atoms in total. The fourth-order valence-corrected chi connectivity index (χ4v) is 3.70. The van der Waals surface area contributed by atoms with Crippen molar-refractivity contribution in [2.24, 2.45) is 0 Å². The van der Waals surface area contributed by atoms with E-state index in [1.807, 2.05) is 35.0 Å². The van der Waals surface area contributed by atoms with Gasteiger partial charge < -0.3 is 5.32 Å². The van der Waals surface area contributed by atoms with Crippen LogP contribution in [0.4, 0.5) is 4.39 Å². The number of nitrogens with one attached hydrogen (secondary N) is 1. The molecule has 2 aromatic heterocycles. The van der Waals surface area contributed by atoms with Crippen molar-refractivity contribution < 1.29 is 9.18 Å². The minimum atomic E-state index is -0.423. The van der Waals surface area contributed by atoms with Gasteiger partial charge in [0.2, 0.25) is 4.96 Å². The second-order valence-corrected chi connectivity index (χ2v) is 7.08. The second-order valence-electron chi connectivity index (χ2n) is 6.24. The van der Waals surface area contributed by atoms with Crippen molar-refractivity contribution >= 4 is 22.2 Å². The van der Waals surface area contributed by atoms with Gasteiger partial charge in [-0.3, -0.25) is 4.79 Å². The highest BCUT2D eigenvalue weighted by Gasteiger charge is 2.12. The Morgan fingerprint density at radius 3 is 2.89 bits per heavy atom. The first-order chi connectivity index (χ1) is 13.1. The number of rotatable bonds is 5. The van der Waals surface area contributed by atoms with E-state index in [2.05, 4.69) is 21.5 Å². The molecule has 0 aliphatic carbocycles. The van der Waals surface area contributed by atoms with Crippen LogP contribution in [0.3, 0.4) is 0 Å². The first kappa shape index (κ1) is 17.4. The standard InChI is InChI=1S/C20H17FN4OS/c1-13-4-2-5-14(10-13)18-23-20-25(24-18)17(12-27-20)8-9-22-19(26)15-6-3-7-16(21)11-15/h2-7,10-12H,8-9H2,1H3,(H,22,26). The van der Waals surface area contributed by atoms with Crippen molar-refractivity contribution in [3.8, 4) is 11.4 Å². The van der Waals surface area contributed by atoms with Gasteiger partial charge in [0.15, 0.2) is 5.82 Å². The van der Waals surface area contributed by atoms with Crippen LogP contribution < -0.4 is 5.32 Å². The molecule has 7 heteroatoms. The molecule has 0 saturated heterocycles. The molecule has 0 radical (unpaired) electrons. The minimum absolute atomic E-state index is 0.292. The molecule has 0 saturated carbocycles. The number of hydrogen-bond acceptors (Lipinski definition) is 4. The highest BCUT2D eigenvalue weighted by Crippen LogP contribution is 2.21. The van der Waals surface area contributed by atoms with Gasteiger partial charge in [0.1, 0.15) is 5.82 Å². The van der Waals surface area contributed by atoms with Crippen LogP contribution in [0.15, 0.2) is 53.9 Å². The van der Waals surface area contributed by atoms with Crippen LogP contribution in [-0.4, -0.2) is 27.0 Å². The van der Waals surface area contributed by atoms with E-state index in [1.54, 1.807) is 6.07 Å². The van der Waals surface area contributed by atoms with Crippen LogP contribution in [-0.2, 0) is 6.42 Å². The number of hydrogen-bond donors (Lipinski definition) is 1. The molecule has 136 valence electrons. The fourth-order valence-electron chi connectivity index (χ4n) is 2.84. The topological polar surface area (TPSA) is 59.3 Å². The van der Waals surface area contributed by atoms with Crippen molar-refractivity contribution in [1.29, 1.82) is 0 Å². The van der Waals surface area contributed by atoms with Crippen LogP contribution in [0.5, 0.6) is 0 Å². The molecule has 4 aromatic rings. The Balaban J connectivity index is 1.46. The lowest BCUT2D eigenvalue weighted by Gasteiger charge is -2.04. The summed E-state index contributed by atoms with van der Waals surface area (Å²) in [4.78, 5) is 17.5. The van der Waals surface area contributed by atoms with E-state index in [-0.39, 0.29) is 5.91 Å². The third-order valence-electron chi connectivity index (χ3n) is 4.18. The van der Waals surface area contributed by atoms with E-state index in [1.165, 1.54) is 29.5 Å². The summed E-state index contributed by atoms with van der Waals surface area (Å²) >= 11 is 1.52. The van der Waals surface area contributed by atoms with Gasteiger partial charge in [0.05, 0.1) is 5.69 Å². The minimum Gasteiger partial charge on any atom is -0.352 e. The molecular weight excluding hydrogens is 363 g/mol.